The molecule has 0 radical (unpaired) electrons. The zero-order chi connectivity index (χ0) is 26.6. The highest BCUT2D eigenvalue weighted by atomic mass is 19.1. The van der Waals surface area contributed by atoms with Gasteiger partial charge in [-0.25, -0.2) is 23.5 Å². The Morgan fingerprint density at radius 2 is 1.81 bits per heavy atom. The molecule has 3 heterocycles. The first-order chi connectivity index (χ1) is 17.6. The van der Waals surface area contributed by atoms with E-state index in [1.807, 2.05) is 6.07 Å². The number of anilines is 3. The average molecular weight is 512 g/mol. The largest absolute Gasteiger partial charge is 0.444 e. The fourth-order valence-electron chi connectivity index (χ4n) is 3.99. The van der Waals surface area contributed by atoms with Crippen molar-refractivity contribution in [2.24, 2.45) is 0 Å². The number of nitrogens with zero attached hydrogens (tertiary/aromatic N) is 6. The number of carbonyl (C=O) groups excluding carboxylic acids is 1. The van der Waals surface area contributed by atoms with E-state index in [1.165, 1.54) is 18.6 Å². The van der Waals surface area contributed by atoms with Gasteiger partial charge in [0.1, 0.15) is 11.7 Å². The summed E-state index contributed by atoms with van der Waals surface area (Å²) in [6, 6.07) is 3.46. The highest BCUT2D eigenvalue weighted by molar-refractivity contribution is 5.68. The molecule has 0 bridgehead atoms. The molecule has 3 aromatic heterocycles. The lowest BCUT2D eigenvalue weighted by Gasteiger charge is -2.33. The third kappa shape index (κ3) is 6.46. The Labute approximate surface area is 212 Å². The molecule has 1 aliphatic carbocycles. The molecule has 0 spiro atoms. The molecule has 3 aromatic rings. The molecule has 37 heavy (non-hydrogen) atoms. The highest BCUT2D eigenvalue weighted by Crippen LogP contribution is 2.27. The number of nitriles is 1. The summed E-state index contributed by atoms with van der Waals surface area (Å²) in [5, 5.41) is 26.0. The van der Waals surface area contributed by atoms with E-state index in [0.29, 0.717) is 12.8 Å². The number of alkyl carbamates (subject to hydrolysis) is 1. The number of hydrogen-bond donors (Lipinski definition) is 3. The van der Waals surface area contributed by atoms with Crippen molar-refractivity contribution in [1.29, 1.82) is 5.26 Å². The summed E-state index contributed by atoms with van der Waals surface area (Å²) in [7, 11) is 0. The van der Waals surface area contributed by atoms with Gasteiger partial charge in [0, 0.05) is 12.1 Å². The van der Waals surface area contributed by atoms with Crippen LogP contribution in [0.15, 0.2) is 30.7 Å². The molecule has 3 N–H and O–H groups in total. The SMILES string of the molecule is CC(C)(C)OC(=O)N[C@H]1CCCC[C@H]1Nc1nc(Nc2cnc(-n3nccn3)c(F)c2)c(C#N)cc1F. The van der Waals surface area contributed by atoms with Crippen molar-refractivity contribution >= 4 is 23.4 Å². The van der Waals surface area contributed by atoms with Crippen molar-refractivity contribution in [2.45, 2.75) is 64.1 Å². The van der Waals surface area contributed by atoms with Gasteiger partial charge in [0.25, 0.3) is 0 Å². The number of amides is 1. The fraction of sp³-hybridized carbons (Fsp3) is 0.417. The maximum Gasteiger partial charge on any atom is 0.407 e. The summed E-state index contributed by atoms with van der Waals surface area (Å²) >= 11 is 0. The Balaban J connectivity index is 1.54. The van der Waals surface area contributed by atoms with Crippen molar-refractivity contribution in [1.82, 2.24) is 30.3 Å². The van der Waals surface area contributed by atoms with E-state index < -0.39 is 23.3 Å². The van der Waals surface area contributed by atoms with E-state index in [2.05, 4.69) is 36.1 Å². The standard InChI is InChI=1S/C24H27F2N9O2/c1-24(2,3)37-23(36)33-19-7-5-4-6-18(19)32-21-16(25)10-14(12-27)20(34-21)31-15-11-17(26)22(28-13-15)35-29-8-9-30-35/h8-11,13,18-19H,4-7H2,1-3H3,(H,33,36)(H2,31,32,34)/t18-,19+/m1/s1. The van der Waals surface area contributed by atoms with Gasteiger partial charge in [-0.05, 0) is 39.7 Å². The highest BCUT2D eigenvalue weighted by Gasteiger charge is 2.29. The predicted molar refractivity (Wildman–Crippen MR) is 130 cm³/mol. The average Bonchev–Trinajstić information content (AvgIpc) is 3.35. The monoisotopic (exact) mass is 511 g/mol. The number of pyridine rings is 2. The molecule has 0 aliphatic heterocycles. The van der Waals surface area contributed by atoms with E-state index >= 15 is 0 Å². The van der Waals surface area contributed by atoms with Gasteiger partial charge in [-0.1, -0.05) is 12.8 Å². The summed E-state index contributed by atoms with van der Waals surface area (Å²) in [5.74, 6) is -1.63. The van der Waals surface area contributed by atoms with E-state index in [0.717, 1.165) is 29.8 Å². The topological polar surface area (TPSA) is 143 Å². The number of aromatic nitrogens is 5. The number of halogens is 2. The molecule has 0 saturated heterocycles. The molecular weight excluding hydrogens is 484 g/mol. The molecule has 1 aliphatic rings. The number of hydrogen-bond acceptors (Lipinski definition) is 9. The summed E-state index contributed by atoms with van der Waals surface area (Å²) in [5.41, 5.74) is -0.532. The van der Waals surface area contributed by atoms with Crippen molar-refractivity contribution < 1.29 is 18.3 Å². The Morgan fingerprint density at radius 3 is 2.46 bits per heavy atom. The van der Waals surface area contributed by atoms with E-state index in [1.54, 1.807) is 20.8 Å². The van der Waals surface area contributed by atoms with Crippen LogP contribution in [0.3, 0.4) is 0 Å². The van der Waals surface area contributed by atoms with Gasteiger partial charge < -0.3 is 20.7 Å². The zero-order valence-electron chi connectivity index (χ0n) is 20.6. The molecular formula is C24H27F2N9O2. The maximum atomic E-state index is 14.9. The van der Waals surface area contributed by atoms with Crippen LogP contribution in [0.25, 0.3) is 5.82 Å². The van der Waals surface area contributed by atoms with Crippen molar-refractivity contribution in [3.63, 3.8) is 0 Å². The van der Waals surface area contributed by atoms with Crippen LogP contribution >= 0.6 is 0 Å². The molecule has 1 amide bonds. The first-order valence-corrected chi connectivity index (χ1v) is 11.8. The van der Waals surface area contributed by atoms with Gasteiger partial charge in [0.15, 0.2) is 23.3 Å². The summed E-state index contributed by atoms with van der Waals surface area (Å²) in [4.78, 5) is 21.6. The second-order valence-electron chi connectivity index (χ2n) is 9.59. The van der Waals surface area contributed by atoms with E-state index in [9.17, 15) is 18.8 Å². The van der Waals surface area contributed by atoms with Gasteiger partial charge in [0.05, 0.1) is 35.9 Å². The summed E-state index contributed by atoms with van der Waals surface area (Å²) < 4.78 is 34.8. The van der Waals surface area contributed by atoms with Crippen molar-refractivity contribution in [3.8, 4) is 11.9 Å². The van der Waals surface area contributed by atoms with Gasteiger partial charge >= 0.3 is 6.09 Å². The number of rotatable bonds is 6. The quantitative estimate of drug-likeness (QED) is 0.444. The van der Waals surface area contributed by atoms with Crippen LogP contribution in [0.5, 0.6) is 0 Å². The number of ether oxygens (including phenoxy) is 1. The summed E-state index contributed by atoms with van der Waals surface area (Å²) in [6.45, 7) is 5.32. The smallest absolute Gasteiger partial charge is 0.407 e. The van der Waals surface area contributed by atoms with Gasteiger partial charge in [-0.2, -0.15) is 15.5 Å². The lowest BCUT2D eigenvalue weighted by atomic mass is 9.90. The minimum Gasteiger partial charge on any atom is -0.444 e. The minimum absolute atomic E-state index is 0.0185. The third-order valence-corrected chi connectivity index (χ3v) is 5.58. The van der Waals surface area contributed by atoms with Crippen molar-refractivity contribution in [2.75, 3.05) is 10.6 Å². The zero-order valence-corrected chi connectivity index (χ0v) is 20.6. The number of nitrogens with one attached hydrogen (secondary N) is 3. The van der Waals surface area contributed by atoms with Gasteiger partial charge in [-0.15, -0.1) is 4.80 Å². The summed E-state index contributed by atoms with van der Waals surface area (Å²) in [6.07, 6.45) is 6.69. The lowest BCUT2D eigenvalue weighted by molar-refractivity contribution is 0.0488. The van der Waals surface area contributed by atoms with Crippen LogP contribution < -0.4 is 16.0 Å². The molecule has 194 valence electrons. The Kier molecular flexibility index (Phi) is 7.47. The van der Waals surface area contributed by atoms with Crippen molar-refractivity contribution in [3.05, 3.63) is 47.9 Å². The predicted octanol–water partition coefficient (Wildman–Crippen LogP) is 4.20. The lowest BCUT2D eigenvalue weighted by Crippen LogP contribution is -2.50. The Bertz CT molecular complexity index is 1300. The first-order valence-electron chi connectivity index (χ1n) is 11.8. The van der Waals surface area contributed by atoms with Crippen LogP contribution in [0, 0.1) is 23.0 Å². The first kappa shape index (κ1) is 25.7. The second kappa shape index (κ2) is 10.7. The van der Waals surface area contributed by atoms with Crippen LogP contribution in [0.1, 0.15) is 52.0 Å². The maximum absolute atomic E-state index is 14.9. The molecule has 0 aromatic carbocycles. The van der Waals surface area contributed by atoms with Crippen LogP contribution in [-0.4, -0.2) is 48.7 Å². The van der Waals surface area contributed by atoms with Crippen LogP contribution in [-0.2, 0) is 4.74 Å². The molecule has 2 atom stereocenters. The van der Waals surface area contributed by atoms with Crippen LogP contribution in [0.2, 0.25) is 0 Å². The molecule has 11 nitrogen and oxygen atoms in total. The number of carbonyl (C=O) groups is 1. The minimum atomic E-state index is -0.729. The van der Waals surface area contributed by atoms with Gasteiger partial charge in [0.2, 0.25) is 5.82 Å². The van der Waals surface area contributed by atoms with E-state index in [4.69, 9.17) is 4.74 Å². The Hall–Kier alpha value is -4.34. The second-order valence-corrected chi connectivity index (χ2v) is 9.59. The molecule has 1 fully saturated rings. The van der Waals surface area contributed by atoms with E-state index in [-0.39, 0.29) is 40.8 Å². The Morgan fingerprint density at radius 1 is 1.11 bits per heavy atom. The third-order valence-electron chi connectivity index (χ3n) is 5.58. The fourth-order valence-corrected chi connectivity index (χ4v) is 3.99. The van der Waals surface area contributed by atoms with Gasteiger partial charge in [-0.3, -0.25) is 0 Å². The molecule has 13 heteroatoms. The van der Waals surface area contributed by atoms with Crippen LogP contribution in [0.4, 0.5) is 30.9 Å². The molecule has 4 rings (SSSR count). The normalized spacial score (nSPS) is 17.5. The molecule has 0 unspecified atom stereocenters. The molecule has 1 saturated carbocycles.